The standard InChI is InChI=1S/C26H41F15NO6P/c1-42(2,3)14-16-47-49(44,45)48-18-19(43)17-46-15-12-10-8-6-4-5-7-9-11-13-20(27,28)21(29,30)22(31,32)23(33,34)24(35,36)25(37,38)26(39,40)41/h19,43H,4-18H2,1-3H3/p+1/t19-/m1/s1. The second kappa shape index (κ2) is 18.2. The Hall–Kier alpha value is -0.900. The van der Waals surface area contributed by atoms with Crippen LogP contribution < -0.4 is 4.89 Å². The van der Waals surface area contributed by atoms with Gasteiger partial charge in [0.15, 0.2) is 0 Å². The Morgan fingerprint density at radius 3 is 1.43 bits per heavy atom. The highest BCUT2D eigenvalue weighted by Gasteiger charge is 2.93. The van der Waals surface area contributed by atoms with E-state index in [0.29, 0.717) is 49.6 Å². The number of ether oxygens (including phenoxy) is 1. The highest BCUT2D eigenvalue weighted by Crippen LogP contribution is 2.62. The number of phosphoric acid groups is 1. The van der Waals surface area contributed by atoms with E-state index in [1.165, 1.54) is 0 Å². The Labute approximate surface area is 273 Å². The van der Waals surface area contributed by atoms with E-state index in [2.05, 4.69) is 0 Å². The Morgan fingerprint density at radius 2 is 0.980 bits per heavy atom. The van der Waals surface area contributed by atoms with Crippen LogP contribution in [0, 0.1) is 0 Å². The van der Waals surface area contributed by atoms with Crippen LogP contribution in [0.4, 0.5) is 65.9 Å². The van der Waals surface area contributed by atoms with Gasteiger partial charge < -0.3 is 19.2 Å². The molecule has 296 valence electrons. The van der Waals surface area contributed by atoms with Crippen molar-refractivity contribution in [3.63, 3.8) is 0 Å². The van der Waals surface area contributed by atoms with Crippen LogP contribution in [-0.2, 0) is 13.8 Å². The summed E-state index contributed by atoms with van der Waals surface area (Å²) in [6.45, 7) is -0.140. The number of rotatable bonds is 26. The molecular weight excluding hydrogens is 738 g/mol. The molecule has 0 bridgehead atoms. The fourth-order valence-electron chi connectivity index (χ4n) is 3.86. The average Bonchev–Trinajstić information content (AvgIpc) is 2.92. The van der Waals surface area contributed by atoms with E-state index >= 15 is 0 Å². The van der Waals surface area contributed by atoms with Crippen molar-refractivity contribution in [2.24, 2.45) is 0 Å². The first-order chi connectivity index (χ1) is 21.8. The number of nitrogens with zero attached hydrogens (tertiary/aromatic N) is 1. The molecule has 0 aliphatic carbocycles. The number of aliphatic hydroxyl groups excluding tert-OH is 1. The molecule has 0 amide bonds. The maximum atomic E-state index is 13.9. The fraction of sp³-hybridized carbons (Fsp3) is 1.00. The molecule has 7 nitrogen and oxygen atoms in total. The highest BCUT2D eigenvalue weighted by atomic mass is 31.2. The van der Waals surface area contributed by atoms with Gasteiger partial charge in [0.25, 0.3) is 0 Å². The van der Waals surface area contributed by atoms with Gasteiger partial charge in [-0.15, -0.1) is 0 Å². The summed E-state index contributed by atoms with van der Waals surface area (Å²) < 4.78 is 214. The smallest absolute Gasteiger partial charge is 0.460 e. The summed E-state index contributed by atoms with van der Waals surface area (Å²) in [5.41, 5.74) is 0. The van der Waals surface area contributed by atoms with Gasteiger partial charge in [-0.1, -0.05) is 44.9 Å². The molecular formula is C26H42F15NO6P+. The van der Waals surface area contributed by atoms with Gasteiger partial charge in [-0.05, 0) is 12.8 Å². The molecule has 0 radical (unpaired) electrons. The quantitative estimate of drug-likeness (QED) is 0.0412. The third kappa shape index (κ3) is 13.5. The maximum absolute atomic E-state index is 13.9. The molecule has 2 atom stereocenters. The minimum atomic E-state index is -8.26. The Kier molecular flexibility index (Phi) is 17.9. The summed E-state index contributed by atoms with van der Waals surface area (Å²) in [6, 6.07) is 0. The number of alkyl halides is 15. The van der Waals surface area contributed by atoms with E-state index in [4.69, 9.17) is 13.8 Å². The third-order valence-corrected chi connectivity index (χ3v) is 7.91. The average molecular weight is 781 g/mol. The first kappa shape index (κ1) is 48.1. The van der Waals surface area contributed by atoms with Crippen molar-refractivity contribution in [2.75, 3.05) is 54.1 Å². The van der Waals surface area contributed by atoms with Gasteiger partial charge in [0.1, 0.15) is 25.9 Å². The molecule has 49 heavy (non-hydrogen) atoms. The molecule has 0 heterocycles. The number of phosphoric ester groups is 1. The minimum Gasteiger partial charge on any atom is -0.606 e. The van der Waals surface area contributed by atoms with E-state index in [9.17, 15) is 80.7 Å². The largest absolute Gasteiger partial charge is 0.606 e. The van der Waals surface area contributed by atoms with Crippen molar-refractivity contribution in [3.05, 3.63) is 0 Å². The van der Waals surface area contributed by atoms with Crippen LogP contribution in [0.5, 0.6) is 0 Å². The van der Waals surface area contributed by atoms with Crippen LogP contribution >= 0.6 is 8.17 Å². The zero-order valence-corrected chi connectivity index (χ0v) is 27.7. The van der Waals surface area contributed by atoms with E-state index in [0.717, 1.165) is 0 Å². The van der Waals surface area contributed by atoms with Gasteiger partial charge in [-0.2, -0.15) is 79.8 Å². The van der Waals surface area contributed by atoms with E-state index in [-0.39, 0.29) is 32.7 Å². The van der Waals surface area contributed by atoms with Crippen molar-refractivity contribution in [1.29, 1.82) is 0 Å². The normalized spacial score (nSPS) is 16.6. The predicted octanol–water partition coefficient (Wildman–Crippen LogP) is 7.41. The van der Waals surface area contributed by atoms with Crippen molar-refractivity contribution in [1.82, 2.24) is 0 Å². The molecule has 0 spiro atoms. The van der Waals surface area contributed by atoms with Gasteiger partial charge in [0.05, 0.1) is 27.7 Å². The SMILES string of the molecule is C[N+](C)(C)CCO[P+]([O-])(O)OC[C@H](O)COCCCCCCCCCCCC(F)(F)C(F)(F)C(F)(F)C(F)(F)C(F)(F)C(F)(F)C(F)(F)F. The molecule has 0 saturated carbocycles. The molecule has 0 aliphatic heterocycles. The number of quaternary nitrogens is 1. The highest BCUT2D eigenvalue weighted by molar-refractivity contribution is 7.52. The summed E-state index contributed by atoms with van der Waals surface area (Å²) in [7, 11) is 1.18. The molecule has 0 fully saturated rings. The molecule has 0 aromatic heterocycles. The summed E-state index contributed by atoms with van der Waals surface area (Å²) in [5, 5.41) is 9.79. The molecule has 0 rings (SSSR count). The van der Waals surface area contributed by atoms with E-state index in [1.54, 1.807) is 0 Å². The second-order valence-corrected chi connectivity index (χ2v) is 13.8. The lowest BCUT2D eigenvalue weighted by molar-refractivity contribution is -0.870. The monoisotopic (exact) mass is 780 g/mol. The van der Waals surface area contributed by atoms with E-state index < -0.39 is 75.4 Å². The lowest BCUT2D eigenvalue weighted by Crippen LogP contribution is -2.72. The van der Waals surface area contributed by atoms with E-state index in [1.807, 2.05) is 21.1 Å². The molecule has 0 aromatic carbocycles. The molecule has 23 heteroatoms. The number of hydrogen-bond acceptors (Lipinski definition) is 6. The summed E-state index contributed by atoms with van der Waals surface area (Å²) in [4.78, 5) is 21.4. The van der Waals surface area contributed by atoms with Crippen molar-refractivity contribution in [2.45, 2.75) is 112 Å². The summed E-state index contributed by atoms with van der Waals surface area (Å²) >= 11 is 0. The van der Waals surface area contributed by atoms with Crippen molar-refractivity contribution >= 4 is 8.17 Å². The number of likely N-dealkylation sites (N-methyl/N-ethyl adjacent to an activating group) is 1. The first-order valence-electron chi connectivity index (χ1n) is 14.8. The third-order valence-electron chi connectivity index (χ3n) is 6.93. The summed E-state index contributed by atoms with van der Waals surface area (Å²) in [5.74, 6) is -46.2. The van der Waals surface area contributed by atoms with Gasteiger partial charge >= 0.3 is 49.9 Å². The molecule has 0 saturated heterocycles. The number of hydrogen-bond donors (Lipinski definition) is 2. The lowest BCUT2D eigenvalue weighted by atomic mass is 9.89. The van der Waals surface area contributed by atoms with Crippen LogP contribution in [0.3, 0.4) is 0 Å². The van der Waals surface area contributed by atoms with Crippen molar-refractivity contribution < 1.29 is 99.0 Å². The van der Waals surface area contributed by atoms with Gasteiger partial charge in [0.2, 0.25) is 0 Å². The lowest BCUT2D eigenvalue weighted by Gasteiger charge is -2.41. The Bertz CT molecular complexity index is 966. The Morgan fingerprint density at radius 1 is 0.571 bits per heavy atom. The zero-order valence-electron chi connectivity index (χ0n) is 26.8. The first-order valence-corrected chi connectivity index (χ1v) is 16.3. The van der Waals surface area contributed by atoms with Crippen molar-refractivity contribution in [3.8, 4) is 0 Å². The molecule has 0 aliphatic rings. The Balaban J connectivity index is 4.40. The number of halogens is 15. The van der Waals surface area contributed by atoms with Crippen LogP contribution in [0.15, 0.2) is 0 Å². The molecule has 0 aromatic rings. The number of unbranched alkanes of at least 4 members (excludes halogenated alkanes) is 8. The van der Waals surface area contributed by atoms with Crippen LogP contribution in [0.25, 0.3) is 0 Å². The second-order valence-electron chi connectivity index (χ2n) is 12.3. The van der Waals surface area contributed by atoms with Crippen LogP contribution in [0.2, 0.25) is 0 Å². The maximum Gasteiger partial charge on any atom is 0.460 e. The molecule has 1 unspecified atom stereocenters. The predicted molar refractivity (Wildman–Crippen MR) is 143 cm³/mol. The molecule has 2 N–H and O–H groups in total. The fourth-order valence-corrected chi connectivity index (χ4v) is 4.61. The van der Waals surface area contributed by atoms with Crippen LogP contribution in [0.1, 0.15) is 64.2 Å². The van der Waals surface area contributed by atoms with Gasteiger partial charge in [-0.3, -0.25) is 0 Å². The topological polar surface area (TPSA) is 91.2 Å². The van der Waals surface area contributed by atoms with Crippen LogP contribution in [-0.4, -0.2) is 116 Å². The summed E-state index contributed by atoms with van der Waals surface area (Å²) in [6.07, 6.45) is -9.29. The van der Waals surface area contributed by atoms with Gasteiger partial charge in [-0.25, -0.2) is 0 Å². The minimum absolute atomic E-state index is 0.0504. The number of aliphatic hydroxyl groups is 1. The van der Waals surface area contributed by atoms with Gasteiger partial charge in [0, 0.05) is 13.0 Å². The zero-order chi connectivity index (χ0) is 38.8.